The van der Waals surface area contributed by atoms with Crippen LogP contribution in [-0.2, 0) is 6.42 Å². The molecule has 1 aromatic carbocycles. The van der Waals surface area contributed by atoms with Crippen LogP contribution in [0.3, 0.4) is 0 Å². The molecule has 0 fully saturated rings. The zero-order valence-corrected chi connectivity index (χ0v) is 10.7. The largest absolute Gasteiger partial charge is 0.496 e. The summed E-state index contributed by atoms with van der Waals surface area (Å²) in [7, 11) is 1.71. The molecule has 1 aliphatic rings. The van der Waals surface area contributed by atoms with Crippen molar-refractivity contribution in [3.63, 3.8) is 0 Å². The fraction of sp³-hybridized carbons (Fsp3) is 0.357. The number of methoxy groups -OCH3 is 1. The van der Waals surface area contributed by atoms with Crippen molar-refractivity contribution in [3.05, 3.63) is 47.0 Å². The second-order valence-corrected chi connectivity index (χ2v) is 4.57. The van der Waals surface area contributed by atoms with E-state index in [-0.39, 0.29) is 6.04 Å². The standard InChI is InChI=1S/C14H17N3O/c1-9-16-11-7-8-15-13(14(11)17-9)10-5-3-4-6-12(10)18-2/h3-6,13,15H,7-8H2,1-2H3,(H,16,17). The highest BCUT2D eigenvalue weighted by molar-refractivity contribution is 5.42. The lowest BCUT2D eigenvalue weighted by Crippen LogP contribution is -2.30. The topological polar surface area (TPSA) is 49.9 Å². The van der Waals surface area contributed by atoms with E-state index < -0.39 is 0 Å². The lowest BCUT2D eigenvalue weighted by atomic mass is 9.97. The summed E-state index contributed by atoms with van der Waals surface area (Å²) < 4.78 is 5.44. The van der Waals surface area contributed by atoms with Gasteiger partial charge in [0.2, 0.25) is 0 Å². The zero-order valence-electron chi connectivity index (χ0n) is 10.7. The van der Waals surface area contributed by atoms with Gasteiger partial charge in [0.15, 0.2) is 0 Å². The van der Waals surface area contributed by atoms with E-state index in [4.69, 9.17) is 4.74 Å². The Morgan fingerprint density at radius 1 is 1.33 bits per heavy atom. The van der Waals surface area contributed by atoms with E-state index in [1.54, 1.807) is 7.11 Å². The molecular formula is C14H17N3O. The third kappa shape index (κ3) is 1.78. The van der Waals surface area contributed by atoms with E-state index >= 15 is 0 Å². The molecule has 94 valence electrons. The van der Waals surface area contributed by atoms with Crippen molar-refractivity contribution in [3.8, 4) is 5.75 Å². The molecular weight excluding hydrogens is 226 g/mol. The summed E-state index contributed by atoms with van der Waals surface area (Å²) in [6, 6.07) is 8.23. The number of aryl methyl sites for hydroxylation is 1. The maximum absolute atomic E-state index is 5.44. The lowest BCUT2D eigenvalue weighted by Gasteiger charge is -2.24. The Labute approximate surface area is 106 Å². The van der Waals surface area contributed by atoms with Crippen molar-refractivity contribution in [2.75, 3.05) is 13.7 Å². The number of rotatable bonds is 2. The third-order valence-corrected chi connectivity index (χ3v) is 3.38. The quantitative estimate of drug-likeness (QED) is 0.847. The molecule has 18 heavy (non-hydrogen) atoms. The van der Waals surface area contributed by atoms with Gasteiger partial charge in [-0.15, -0.1) is 0 Å². The van der Waals surface area contributed by atoms with Crippen LogP contribution < -0.4 is 10.1 Å². The van der Waals surface area contributed by atoms with Crippen LogP contribution in [0.25, 0.3) is 0 Å². The molecule has 2 heterocycles. The van der Waals surface area contributed by atoms with Gasteiger partial charge in [-0.2, -0.15) is 0 Å². The average Bonchev–Trinajstić information content (AvgIpc) is 2.78. The number of H-pyrrole nitrogens is 1. The Morgan fingerprint density at radius 3 is 3.00 bits per heavy atom. The molecule has 0 amide bonds. The fourth-order valence-corrected chi connectivity index (χ4v) is 2.59. The van der Waals surface area contributed by atoms with E-state index in [1.807, 2.05) is 25.1 Å². The van der Waals surface area contributed by atoms with Crippen LogP contribution in [0.5, 0.6) is 5.75 Å². The normalized spacial score (nSPS) is 18.4. The molecule has 1 aliphatic heterocycles. The molecule has 0 bridgehead atoms. The maximum Gasteiger partial charge on any atom is 0.124 e. The van der Waals surface area contributed by atoms with Crippen molar-refractivity contribution in [2.24, 2.45) is 0 Å². The summed E-state index contributed by atoms with van der Waals surface area (Å²) in [4.78, 5) is 7.95. The highest BCUT2D eigenvalue weighted by Gasteiger charge is 2.26. The lowest BCUT2D eigenvalue weighted by molar-refractivity contribution is 0.401. The summed E-state index contributed by atoms with van der Waals surface area (Å²) in [6.07, 6.45) is 1.00. The number of fused-ring (bicyclic) bond motifs is 1. The van der Waals surface area contributed by atoms with Crippen molar-refractivity contribution in [1.82, 2.24) is 15.3 Å². The Bertz CT molecular complexity index is 562. The van der Waals surface area contributed by atoms with Crippen LogP contribution in [-0.4, -0.2) is 23.6 Å². The molecule has 0 saturated carbocycles. The minimum absolute atomic E-state index is 0.120. The van der Waals surface area contributed by atoms with E-state index in [9.17, 15) is 0 Å². The van der Waals surface area contributed by atoms with Crippen LogP contribution >= 0.6 is 0 Å². The number of hydrogen-bond donors (Lipinski definition) is 2. The summed E-state index contributed by atoms with van der Waals surface area (Å²) in [5.74, 6) is 1.88. The van der Waals surface area contributed by atoms with Gasteiger partial charge >= 0.3 is 0 Å². The van der Waals surface area contributed by atoms with Gasteiger partial charge in [0.05, 0.1) is 18.8 Å². The Morgan fingerprint density at radius 2 is 2.17 bits per heavy atom. The van der Waals surface area contributed by atoms with Gasteiger partial charge in [0.25, 0.3) is 0 Å². The Kier molecular flexibility index (Phi) is 2.80. The van der Waals surface area contributed by atoms with Crippen LogP contribution in [0.2, 0.25) is 0 Å². The second-order valence-electron chi connectivity index (χ2n) is 4.57. The van der Waals surface area contributed by atoms with Gasteiger partial charge in [-0.3, -0.25) is 0 Å². The highest BCUT2D eigenvalue weighted by Crippen LogP contribution is 2.32. The Balaban J connectivity index is 2.08. The van der Waals surface area contributed by atoms with Crippen molar-refractivity contribution < 1.29 is 4.74 Å². The first-order valence-electron chi connectivity index (χ1n) is 6.21. The van der Waals surface area contributed by atoms with Crippen molar-refractivity contribution in [1.29, 1.82) is 0 Å². The van der Waals surface area contributed by atoms with Gasteiger partial charge in [0, 0.05) is 24.2 Å². The van der Waals surface area contributed by atoms with Crippen LogP contribution in [0, 0.1) is 6.92 Å². The molecule has 1 unspecified atom stereocenters. The first-order valence-corrected chi connectivity index (χ1v) is 6.21. The maximum atomic E-state index is 5.44. The SMILES string of the molecule is COc1ccccc1C1NCCc2[nH]c(C)nc21. The number of benzene rings is 1. The van der Waals surface area contributed by atoms with E-state index in [1.165, 1.54) is 5.69 Å². The molecule has 2 N–H and O–H groups in total. The minimum atomic E-state index is 0.120. The molecule has 1 atom stereocenters. The monoisotopic (exact) mass is 243 g/mol. The average molecular weight is 243 g/mol. The van der Waals surface area contributed by atoms with Gasteiger partial charge in [0.1, 0.15) is 11.6 Å². The molecule has 2 aromatic rings. The first-order chi connectivity index (χ1) is 8.79. The van der Waals surface area contributed by atoms with Crippen LogP contribution in [0.1, 0.15) is 28.8 Å². The fourth-order valence-electron chi connectivity index (χ4n) is 2.59. The smallest absolute Gasteiger partial charge is 0.124 e. The number of imidazole rings is 1. The van der Waals surface area contributed by atoms with E-state index in [0.717, 1.165) is 35.8 Å². The van der Waals surface area contributed by atoms with E-state index in [0.29, 0.717) is 0 Å². The predicted molar refractivity (Wildman–Crippen MR) is 69.9 cm³/mol. The minimum Gasteiger partial charge on any atom is -0.496 e. The van der Waals surface area contributed by atoms with E-state index in [2.05, 4.69) is 21.4 Å². The summed E-state index contributed by atoms with van der Waals surface area (Å²) in [5.41, 5.74) is 3.48. The molecule has 0 radical (unpaired) electrons. The van der Waals surface area contributed by atoms with Crippen LogP contribution in [0.4, 0.5) is 0 Å². The van der Waals surface area contributed by atoms with Gasteiger partial charge < -0.3 is 15.0 Å². The van der Waals surface area contributed by atoms with Crippen LogP contribution in [0.15, 0.2) is 24.3 Å². The molecule has 0 aliphatic carbocycles. The molecule has 0 spiro atoms. The predicted octanol–water partition coefficient (Wildman–Crippen LogP) is 1.96. The summed E-state index contributed by atoms with van der Waals surface area (Å²) in [6.45, 7) is 2.95. The number of hydrogen-bond acceptors (Lipinski definition) is 3. The summed E-state index contributed by atoms with van der Waals surface area (Å²) in [5, 5.41) is 3.52. The molecule has 1 aromatic heterocycles. The van der Waals surface area contributed by atoms with Gasteiger partial charge in [-0.05, 0) is 13.0 Å². The van der Waals surface area contributed by atoms with Gasteiger partial charge in [-0.25, -0.2) is 4.98 Å². The van der Waals surface area contributed by atoms with Crippen molar-refractivity contribution in [2.45, 2.75) is 19.4 Å². The third-order valence-electron chi connectivity index (χ3n) is 3.38. The summed E-state index contributed by atoms with van der Waals surface area (Å²) >= 11 is 0. The number of nitrogens with one attached hydrogen (secondary N) is 2. The first kappa shape index (κ1) is 11.3. The van der Waals surface area contributed by atoms with Crippen molar-refractivity contribution >= 4 is 0 Å². The van der Waals surface area contributed by atoms with Gasteiger partial charge in [-0.1, -0.05) is 18.2 Å². The molecule has 4 nitrogen and oxygen atoms in total. The number of para-hydroxylation sites is 1. The molecule has 4 heteroatoms. The molecule has 3 rings (SSSR count). The number of aromatic nitrogens is 2. The number of aromatic amines is 1. The number of nitrogens with zero attached hydrogens (tertiary/aromatic N) is 1. The second kappa shape index (κ2) is 4.46. The highest BCUT2D eigenvalue weighted by atomic mass is 16.5. The number of ether oxygens (including phenoxy) is 1. The zero-order chi connectivity index (χ0) is 12.5. The molecule has 0 saturated heterocycles. The Hall–Kier alpha value is -1.81.